The molecule has 1 aromatic rings. The summed E-state index contributed by atoms with van der Waals surface area (Å²) in [6.45, 7) is 5.78. The van der Waals surface area contributed by atoms with Crippen molar-refractivity contribution in [3.05, 3.63) is 24.3 Å². The molecule has 3 N–H and O–H groups in total. The third-order valence-corrected chi connectivity index (χ3v) is 3.57. The Labute approximate surface area is 115 Å². The predicted molar refractivity (Wildman–Crippen MR) is 76.6 cm³/mol. The minimum Gasteiger partial charge on any atom is -0.493 e. The maximum absolute atomic E-state index is 9.51. The van der Waals surface area contributed by atoms with Gasteiger partial charge < -0.3 is 20.3 Å². The normalized spacial score (nSPS) is 11.4. The summed E-state index contributed by atoms with van der Waals surface area (Å²) in [4.78, 5) is 0. The molecule has 0 heterocycles. The molecule has 108 valence electrons. The van der Waals surface area contributed by atoms with Crippen LogP contribution in [-0.4, -0.2) is 31.5 Å². The molecule has 1 rings (SSSR count). The molecule has 0 fully saturated rings. The summed E-state index contributed by atoms with van der Waals surface area (Å²) in [5, 5.41) is 9.51. The van der Waals surface area contributed by atoms with Gasteiger partial charge in [-0.05, 0) is 25.0 Å². The van der Waals surface area contributed by atoms with Gasteiger partial charge in [-0.25, -0.2) is 0 Å². The summed E-state index contributed by atoms with van der Waals surface area (Å²) in [6.07, 6.45) is 1.78. The van der Waals surface area contributed by atoms with Crippen LogP contribution in [0.5, 0.6) is 11.5 Å². The molecule has 0 saturated carbocycles. The van der Waals surface area contributed by atoms with Crippen molar-refractivity contribution in [2.45, 2.75) is 26.7 Å². The van der Waals surface area contributed by atoms with Crippen molar-refractivity contribution in [1.29, 1.82) is 0 Å². The molecule has 0 spiro atoms. The SMILES string of the molecule is CCC(CC)(CO)COc1cccc(OCCN)c1. The van der Waals surface area contributed by atoms with Crippen LogP contribution in [-0.2, 0) is 0 Å². The zero-order valence-corrected chi connectivity index (χ0v) is 11.9. The first-order chi connectivity index (χ1) is 9.19. The molecular weight excluding hydrogens is 242 g/mol. The highest BCUT2D eigenvalue weighted by atomic mass is 16.5. The Morgan fingerprint density at radius 2 is 1.79 bits per heavy atom. The lowest BCUT2D eigenvalue weighted by Gasteiger charge is -2.29. The molecule has 0 amide bonds. The van der Waals surface area contributed by atoms with Crippen LogP contribution in [0.25, 0.3) is 0 Å². The molecule has 1 aromatic carbocycles. The second kappa shape index (κ2) is 8.02. The molecule has 0 bridgehead atoms. The van der Waals surface area contributed by atoms with E-state index in [4.69, 9.17) is 15.2 Å². The number of ether oxygens (including phenoxy) is 2. The van der Waals surface area contributed by atoms with Crippen molar-refractivity contribution < 1.29 is 14.6 Å². The number of aliphatic hydroxyl groups excluding tert-OH is 1. The Morgan fingerprint density at radius 1 is 1.16 bits per heavy atom. The summed E-state index contributed by atoms with van der Waals surface area (Å²) >= 11 is 0. The van der Waals surface area contributed by atoms with Gasteiger partial charge >= 0.3 is 0 Å². The van der Waals surface area contributed by atoms with Crippen molar-refractivity contribution in [1.82, 2.24) is 0 Å². The van der Waals surface area contributed by atoms with Crippen LogP contribution < -0.4 is 15.2 Å². The minimum absolute atomic E-state index is 0.142. The highest BCUT2D eigenvalue weighted by molar-refractivity contribution is 5.33. The van der Waals surface area contributed by atoms with Gasteiger partial charge in [0.2, 0.25) is 0 Å². The molecule has 0 aromatic heterocycles. The Bertz CT molecular complexity index is 356. The second-order valence-corrected chi connectivity index (χ2v) is 4.77. The standard InChI is InChI=1S/C15H25NO3/c1-3-15(4-2,11-17)12-19-14-7-5-6-13(10-14)18-9-8-16/h5-7,10,17H,3-4,8-9,11-12,16H2,1-2H3. The first-order valence-corrected chi connectivity index (χ1v) is 6.86. The Morgan fingerprint density at radius 3 is 2.32 bits per heavy atom. The maximum Gasteiger partial charge on any atom is 0.123 e. The average molecular weight is 267 g/mol. The maximum atomic E-state index is 9.51. The number of hydrogen-bond acceptors (Lipinski definition) is 4. The third-order valence-electron chi connectivity index (χ3n) is 3.57. The molecule has 0 unspecified atom stereocenters. The van der Waals surface area contributed by atoms with E-state index in [1.807, 2.05) is 24.3 Å². The summed E-state index contributed by atoms with van der Waals surface area (Å²) in [7, 11) is 0. The topological polar surface area (TPSA) is 64.7 Å². The van der Waals surface area contributed by atoms with E-state index in [1.54, 1.807) is 0 Å². The quantitative estimate of drug-likeness (QED) is 0.720. The summed E-state index contributed by atoms with van der Waals surface area (Å²) < 4.78 is 11.2. The monoisotopic (exact) mass is 267 g/mol. The number of aliphatic hydroxyl groups is 1. The first kappa shape index (κ1) is 15.8. The van der Waals surface area contributed by atoms with Crippen LogP contribution in [0.3, 0.4) is 0 Å². The molecule has 0 saturated heterocycles. The van der Waals surface area contributed by atoms with Crippen molar-refractivity contribution in [2.24, 2.45) is 11.1 Å². The van der Waals surface area contributed by atoms with Gasteiger partial charge in [-0.3, -0.25) is 0 Å². The van der Waals surface area contributed by atoms with E-state index in [1.165, 1.54) is 0 Å². The number of benzene rings is 1. The second-order valence-electron chi connectivity index (χ2n) is 4.77. The lowest BCUT2D eigenvalue weighted by atomic mass is 9.84. The third kappa shape index (κ3) is 4.73. The van der Waals surface area contributed by atoms with E-state index in [0.29, 0.717) is 19.8 Å². The molecule has 0 atom stereocenters. The fraction of sp³-hybridized carbons (Fsp3) is 0.600. The minimum atomic E-state index is -0.159. The molecule has 0 aliphatic carbocycles. The van der Waals surface area contributed by atoms with Crippen molar-refractivity contribution in [3.63, 3.8) is 0 Å². The fourth-order valence-electron chi connectivity index (χ4n) is 1.79. The predicted octanol–water partition coefficient (Wildman–Crippen LogP) is 2.20. The van der Waals surface area contributed by atoms with Crippen molar-refractivity contribution in [3.8, 4) is 11.5 Å². The Balaban J connectivity index is 2.61. The average Bonchev–Trinajstić information content (AvgIpc) is 2.47. The molecule has 4 heteroatoms. The van der Waals surface area contributed by atoms with Gasteiger partial charge in [0.25, 0.3) is 0 Å². The highest BCUT2D eigenvalue weighted by Crippen LogP contribution is 2.28. The largest absolute Gasteiger partial charge is 0.493 e. The van der Waals surface area contributed by atoms with Gasteiger partial charge in [-0.1, -0.05) is 19.9 Å². The van der Waals surface area contributed by atoms with Gasteiger partial charge in [-0.15, -0.1) is 0 Å². The van der Waals surface area contributed by atoms with Crippen LogP contribution in [0.2, 0.25) is 0 Å². The van der Waals surface area contributed by atoms with Gasteiger partial charge in [-0.2, -0.15) is 0 Å². The summed E-state index contributed by atoms with van der Waals surface area (Å²) in [5.74, 6) is 1.51. The van der Waals surface area contributed by atoms with Crippen LogP contribution in [0.1, 0.15) is 26.7 Å². The fourth-order valence-corrected chi connectivity index (χ4v) is 1.79. The summed E-state index contributed by atoms with van der Waals surface area (Å²) in [6, 6.07) is 7.51. The molecule has 0 aliphatic rings. The zero-order chi connectivity index (χ0) is 14.1. The molecular formula is C15H25NO3. The van der Waals surface area contributed by atoms with Crippen LogP contribution >= 0.6 is 0 Å². The van der Waals surface area contributed by atoms with Crippen molar-refractivity contribution >= 4 is 0 Å². The van der Waals surface area contributed by atoms with Crippen LogP contribution in [0, 0.1) is 5.41 Å². The van der Waals surface area contributed by atoms with E-state index < -0.39 is 0 Å². The van der Waals surface area contributed by atoms with E-state index >= 15 is 0 Å². The zero-order valence-electron chi connectivity index (χ0n) is 11.9. The van der Waals surface area contributed by atoms with E-state index in [9.17, 15) is 5.11 Å². The molecule has 4 nitrogen and oxygen atoms in total. The van der Waals surface area contributed by atoms with E-state index in [0.717, 1.165) is 24.3 Å². The van der Waals surface area contributed by atoms with E-state index in [-0.39, 0.29) is 12.0 Å². The lowest BCUT2D eigenvalue weighted by molar-refractivity contribution is 0.0588. The van der Waals surface area contributed by atoms with Crippen LogP contribution in [0.4, 0.5) is 0 Å². The van der Waals surface area contributed by atoms with Gasteiger partial charge in [0.1, 0.15) is 18.1 Å². The highest BCUT2D eigenvalue weighted by Gasteiger charge is 2.26. The molecule has 0 aliphatic heterocycles. The van der Waals surface area contributed by atoms with Crippen LogP contribution in [0.15, 0.2) is 24.3 Å². The molecule has 0 radical (unpaired) electrons. The van der Waals surface area contributed by atoms with E-state index in [2.05, 4.69) is 13.8 Å². The summed E-state index contributed by atoms with van der Waals surface area (Å²) in [5.41, 5.74) is 5.24. The number of rotatable bonds is 9. The van der Waals surface area contributed by atoms with Gasteiger partial charge in [0.05, 0.1) is 13.2 Å². The van der Waals surface area contributed by atoms with Gasteiger partial charge in [0.15, 0.2) is 0 Å². The number of nitrogens with two attached hydrogens (primary N) is 1. The Hall–Kier alpha value is -1.26. The smallest absolute Gasteiger partial charge is 0.123 e. The first-order valence-electron chi connectivity index (χ1n) is 6.86. The van der Waals surface area contributed by atoms with Gasteiger partial charge in [0, 0.05) is 18.0 Å². The Kier molecular flexibility index (Phi) is 6.67. The lowest BCUT2D eigenvalue weighted by Crippen LogP contribution is -2.31. The number of hydrogen-bond donors (Lipinski definition) is 2. The molecule has 19 heavy (non-hydrogen) atoms. The van der Waals surface area contributed by atoms with Crippen molar-refractivity contribution in [2.75, 3.05) is 26.4 Å².